The molecule has 1 aromatic rings. The largest absolute Gasteiger partial charge is 0.294 e. The minimum absolute atomic E-state index is 0.0135. The van der Waals surface area contributed by atoms with E-state index in [1.165, 1.54) is 5.56 Å². The molecule has 1 unspecified atom stereocenters. The van der Waals surface area contributed by atoms with Crippen LogP contribution in [0.2, 0.25) is 0 Å². The number of rotatable bonds is 4. The van der Waals surface area contributed by atoms with Crippen molar-refractivity contribution >= 4 is 15.6 Å². The molecule has 0 saturated carbocycles. The van der Waals surface area contributed by atoms with E-state index in [-0.39, 0.29) is 23.2 Å². The van der Waals surface area contributed by atoms with Crippen LogP contribution in [0.5, 0.6) is 0 Å². The lowest BCUT2D eigenvalue weighted by molar-refractivity contribution is 0.0933. The van der Waals surface area contributed by atoms with Crippen LogP contribution in [-0.2, 0) is 16.3 Å². The molecular formula is C15H20O3S. The van der Waals surface area contributed by atoms with Crippen molar-refractivity contribution in [1.29, 1.82) is 0 Å². The molecule has 3 nitrogen and oxygen atoms in total. The number of hydrogen-bond donors (Lipinski definition) is 0. The topological polar surface area (TPSA) is 51.2 Å². The Hall–Kier alpha value is -1.16. The van der Waals surface area contributed by atoms with Gasteiger partial charge in [-0.25, -0.2) is 8.42 Å². The smallest absolute Gasteiger partial charge is 0.166 e. The van der Waals surface area contributed by atoms with E-state index in [0.717, 1.165) is 6.42 Å². The first-order valence-corrected chi connectivity index (χ1v) is 8.53. The summed E-state index contributed by atoms with van der Waals surface area (Å²) in [7, 11) is -2.99. The molecule has 1 aliphatic rings. The fourth-order valence-corrected chi connectivity index (χ4v) is 4.26. The van der Waals surface area contributed by atoms with E-state index in [0.29, 0.717) is 17.9 Å². The van der Waals surface area contributed by atoms with E-state index in [1.54, 1.807) is 0 Å². The van der Waals surface area contributed by atoms with Crippen LogP contribution in [0.3, 0.4) is 0 Å². The number of carbonyl (C=O) groups is 1. The summed E-state index contributed by atoms with van der Waals surface area (Å²) in [5, 5.41) is 0. The fraction of sp³-hybridized carbons (Fsp3) is 0.533. The second kappa shape index (κ2) is 5.45. The second-order valence-corrected chi connectivity index (χ2v) is 7.99. The molecule has 104 valence electrons. The highest BCUT2D eigenvalue weighted by Gasteiger charge is 2.33. The molecule has 1 aliphatic heterocycles. The van der Waals surface area contributed by atoms with Crippen LogP contribution < -0.4 is 0 Å². The van der Waals surface area contributed by atoms with Crippen LogP contribution in [-0.4, -0.2) is 25.7 Å². The van der Waals surface area contributed by atoms with Crippen LogP contribution >= 0.6 is 0 Å². The van der Waals surface area contributed by atoms with Gasteiger partial charge in [0.05, 0.1) is 11.5 Å². The first-order chi connectivity index (χ1) is 8.87. The number of Topliss-reactive ketones (excluding diaryl/α,β-unsaturated/α-hetero) is 1. The lowest BCUT2D eigenvalue weighted by Crippen LogP contribution is -2.16. The maximum atomic E-state index is 12.2. The SMILES string of the molecule is CC(C)Cc1ccc(C(=O)C2CCS(=O)(=O)C2)cc1. The summed E-state index contributed by atoms with van der Waals surface area (Å²) < 4.78 is 22.8. The van der Waals surface area contributed by atoms with Gasteiger partial charge in [-0.15, -0.1) is 0 Å². The van der Waals surface area contributed by atoms with Crippen molar-refractivity contribution in [2.75, 3.05) is 11.5 Å². The third-order valence-electron chi connectivity index (χ3n) is 3.49. The molecule has 19 heavy (non-hydrogen) atoms. The van der Waals surface area contributed by atoms with E-state index in [1.807, 2.05) is 24.3 Å². The van der Waals surface area contributed by atoms with Crippen molar-refractivity contribution in [3.8, 4) is 0 Å². The second-order valence-electron chi connectivity index (χ2n) is 5.76. The summed E-state index contributed by atoms with van der Waals surface area (Å²) in [6.45, 7) is 4.31. The lowest BCUT2D eigenvalue weighted by Gasteiger charge is -2.09. The highest BCUT2D eigenvalue weighted by Crippen LogP contribution is 2.23. The predicted molar refractivity (Wildman–Crippen MR) is 76.1 cm³/mol. The average molecular weight is 280 g/mol. The van der Waals surface area contributed by atoms with Crippen molar-refractivity contribution in [2.45, 2.75) is 26.7 Å². The molecule has 4 heteroatoms. The molecule has 1 saturated heterocycles. The summed E-state index contributed by atoms with van der Waals surface area (Å²) in [4.78, 5) is 12.2. The van der Waals surface area contributed by atoms with E-state index in [4.69, 9.17) is 0 Å². The minimum atomic E-state index is -2.99. The molecule has 1 aromatic carbocycles. The number of carbonyl (C=O) groups excluding carboxylic acids is 1. The van der Waals surface area contributed by atoms with Gasteiger partial charge in [-0.2, -0.15) is 0 Å². The predicted octanol–water partition coefficient (Wildman–Crippen LogP) is 2.50. The molecule has 0 N–H and O–H groups in total. The van der Waals surface area contributed by atoms with Gasteiger partial charge in [0.2, 0.25) is 0 Å². The summed E-state index contributed by atoms with van der Waals surface area (Å²) in [5.74, 6) is 0.369. The molecule has 2 rings (SSSR count). The Labute approximate surface area is 114 Å². The first kappa shape index (κ1) is 14.3. The molecule has 0 aliphatic carbocycles. The first-order valence-electron chi connectivity index (χ1n) is 6.71. The van der Waals surface area contributed by atoms with Gasteiger partial charge in [-0.3, -0.25) is 4.79 Å². The van der Waals surface area contributed by atoms with Crippen molar-refractivity contribution < 1.29 is 13.2 Å². The Morgan fingerprint density at radius 2 is 1.89 bits per heavy atom. The van der Waals surface area contributed by atoms with Crippen LogP contribution in [0.4, 0.5) is 0 Å². The Morgan fingerprint density at radius 3 is 2.37 bits per heavy atom. The zero-order valence-corrected chi connectivity index (χ0v) is 12.2. The van der Waals surface area contributed by atoms with E-state index in [9.17, 15) is 13.2 Å². The Kier molecular flexibility index (Phi) is 4.09. The molecule has 0 bridgehead atoms. The highest BCUT2D eigenvalue weighted by atomic mass is 32.2. The zero-order valence-electron chi connectivity index (χ0n) is 11.4. The molecule has 0 radical (unpaired) electrons. The van der Waals surface area contributed by atoms with Crippen LogP contribution in [0.1, 0.15) is 36.2 Å². The quantitative estimate of drug-likeness (QED) is 0.796. The van der Waals surface area contributed by atoms with Crippen molar-refractivity contribution in [1.82, 2.24) is 0 Å². The van der Waals surface area contributed by atoms with Crippen molar-refractivity contribution in [2.24, 2.45) is 11.8 Å². The van der Waals surface area contributed by atoms with Crippen LogP contribution in [0, 0.1) is 11.8 Å². The molecule has 1 heterocycles. The molecule has 0 spiro atoms. The number of sulfone groups is 1. The maximum Gasteiger partial charge on any atom is 0.166 e. The Morgan fingerprint density at radius 1 is 1.26 bits per heavy atom. The number of hydrogen-bond acceptors (Lipinski definition) is 3. The third kappa shape index (κ3) is 3.66. The maximum absolute atomic E-state index is 12.2. The van der Waals surface area contributed by atoms with E-state index in [2.05, 4.69) is 13.8 Å². The van der Waals surface area contributed by atoms with Gasteiger partial charge in [0.15, 0.2) is 15.6 Å². The van der Waals surface area contributed by atoms with E-state index >= 15 is 0 Å². The average Bonchev–Trinajstić information content (AvgIpc) is 2.69. The summed E-state index contributed by atoms with van der Waals surface area (Å²) in [6, 6.07) is 7.59. The fourth-order valence-electron chi connectivity index (χ4n) is 2.51. The number of ketones is 1. The van der Waals surface area contributed by atoms with Crippen LogP contribution in [0.15, 0.2) is 24.3 Å². The molecule has 0 aromatic heterocycles. The molecule has 0 amide bonds. The van der Waals surface area contributed by atoms with Crippen LogP contribution in [0.25, 0.3) is 0 Å². The van der Waals surface area contributed by atoms with Gasteiger partial charge in [0, 0.05) is 11.5 Å². The molecular weight excluding hydrogens is 260 g/mol. The van der Waals surface area contributed by atoms with Gasteiger partial charge < -0.3 is 0 Å². The van der Waals surface area contributed by atoms with Gasteiger partial charge in [-0.1, -0.05) is 38.1 Å². The van der Waals surface area contributed by atoms with E-state index < -0.39 is 9.84 Å². The molecule has 1 fully saturated rings. The zero-order chi connectivity index (χ0) is 14.0. The third-order valence-corrected chi connectivity index (χ3v) is 5.25. The Bertz CT molecular complexity index is 556. The normalized spacial score (nSPS) is 21.7. The summed E-state index contributed by atoms with van der Waals surface area (Å²) >= 11 is 0. The van der Waals surface area contributed by atoms with Crippen molar-refractivity contribution in [3.05, 3.63) is 35.4 Å². The van der Waals surface area contributed by atoms with Gasteiger partial charge in [0.1, 0.15) is 0 Å². The van der Waals surface area contributed by atoms with Gasteiger partial charge in [-0.05, 0) is 24.3 Å². The van der Waals surface area contributed by atoms with Crippen molar-refractivity contribution in [3.63, 3.8) is 0 Å². The molecule has 1 atom stereocenters. The summed E-state index contributed by atoms with van der Waals surface area (Å²) in [6.07, 6.45) is 1.46. The summed E-state index contributed by atoms with van der Waals surface area (Å²) in [5.41, 5.74) is 1.85. The monoisotopic (exact) mass is 280 g/mol. The highest BCUT2D eigenvalue weighted by molar-refractivity contribution is 7.91. The standard InChI is InChI=1S/C15H20O3S/c1-11(2)9-12-3-5-13(6-4-12)15(16)14-7-8-19(17,18)10-14/h3-6,11,14H,7-10H2,1-2H3. The lowest BCUT2D eigenvalue weighted by atomic mass is 9.95. The minimum Gasteiger partial charge on any atom is -0.294 e. The Balaban J connectivity index is 2.08. The number of benzene rings is 1. The van der Waals surface area contributed by atoms with Gasteiger partial charge in [0.25, 0.3) is 0 Å². The van der Waals surface area contributed by atoms with Gasteiger partial charge >= 0.3 is 0 Å².